The Bertz CT molecular complexity index is 721. The molecule has 1 aromatic carbocycles. The Hall–Kier alpha value is -3.17. The lowest BCUT2D eigenvalue weighted by molar-refractivity contribution is -0.384. The van der Waals surface area contributed by atoms with Gasteiger partial charge in [0.1, 0.15) is 12.3 Å². The fourth-order valence-electron chi connectivity index (χ4n) is 2.35. The van der Waals surface area contributed by atoms with Crippen LogP contribution in [-0.4, -0.2) is 48.9 Å². The van der Waals surface area contributed by atoms with E-state index in [1.165, 1.54) is 18.2 Å². The second-order valence-corrected chi connectivity index (χ2v) is 5.63. The Kier molecular flexibility index (Phi) is 6.48. The number of benzene rings is 1. The monoisotopic (exact) mass is 364 g/mol. The van der Waals surface area contributed by atoms with Gasteiger partial charge >= 0.3 is 0 Å². The lowest BCUT2D eigenvalue weighted by Gasteiger charge is -2.28. The fourth-order valence-corrected chi connectivity index (χ4v) is 2.35. The number of hydrogen-bond donors (Lipinski definition) is 2. The average Bonchev–Trinajstić information content (AvgIpc) is 2.61. The topological polar surface area (TPSA) is 131 Å². The molecule has 1 aliphatic heterocycles. The summed E-state index contributed by atoms with van der Waals surface area (Å²) in [7, 11) is 0. The van der Waals surface area contributed by atoms with Crippen LogP contribution in [0.5, 0.6) is 5.75 Å². The molecule has 0 bridgehead atoms. The number of nitrogens with one attached hydrogen (secondary N) is 2. The summed E-state index contributed by atoms with van der Waals surface area (Å²) in [6.07, 6.45) is 0.952. The zero-order chi connectivity index (χ0) is 19.1. The number of anilines is 1. The van der Waals surface area contributed by atoms with Crippen LogP contribution < -0.4 is 20.3 Å². The summed E-state index contributed by atoms with van der Waals surface area (Å²) in [5.74, 6) is -0.827. The van der Waals surface area contributed by atoms with E-state index >= 15 is 0 Å². The number of nitro benzene ring substituents is 1. The van der Waals surface area contributed by atoms with E-state index in [0.717, 1.165) is 11.3 Å². The van der Waals surface area contributed by atoms with Crippen molar-refractivity contribution in [1.82, 2.24) is 10.6 Å². The van der Waals surface area contributed by atoms with Crippen LogP contribution in [0, 0.1) is 10.1 Å². The number of rotatable bonds is 8. The van der Waals surface area contributed by atoms with Crippen LogP contribution in [0.4, 0.5) is 11.4 Å². The fraction of sp³-hybridized carbons (Fsp3) is 0.438. The van der Waals surface area contributed by atoms with E-state index in [0.29, 0.717) is 12.3 Å². The summed E-state index contributed by atoms with van der Waals surface area (Å²) in [6.45, 7) is 2.08. The molecule has 0 aromatic heterocycles. The molecule has 2 rings (SSSR count). The first kappa shape index (κ1) is 19.2. The molecule has 0 unspecified atom stereocenters. The van der Waals surface area contributed by atoms with Gasteiger partial charge in [-0.1, -0.05) is 6.92 Å². The molecule has 0 radical (unpaired) electrons. The lowest BCUT2D eigenvalue weighted by Crippen LogP contribution is -2.45. The second kappa shape index (κ2) is 8.79. The van der Waals surface area contributed by atoms with E-state index in [2.05, 4.69) is 10.6 Å². The normalized spacial score (nSPS) is 12.8. The molecule has 26 heavy (non-hydrogen) atoms. The number of carbonyl (C=O) groups is 3. The molecule has 0 fully saturated rings. The van der Waals surface area contributed by atoms with Gasteiger partial charge in [0.25, 0.3) is 11.6 Å². The van der Waals surface area contributed by atoms with Gasteiger partial charge in [0.05, 0.1) is 10.6 Å². The quantitative estimate of drug-likeness (QED) is 0.506. The van der Waals surface area contributed by atoms with Crippen LogP contribution in [-0.2, 0) is 14.4 Å². The van der Waals surface area contributed by atoms with Crippen LogP contribution in [0.15, 0.2) is 18.2 Å². The Morgan fingerprint density at radius 1 is 1.27 bits per heavy atom. The number of hydrogen-bond acceptors (Lipinski definition) is 6. The molecule has 0 spiro atoms. The molecule has 0 saturated heterocycles. The van der Waals surface area contributed by atoms with E-state index in [9.17, 15) is 24.5 Å². The van der Waals surface area contributed by atoms with Crippen LogP contribution in [0.25, 0.3) is 0 Å². The van der Waals surface area contributed by atoms with Gasteiger partial charge in [-0.2, -0.15) is 0 Å². The highest BCUT2D eigenvalue weighted by atomic mass is 16.6. The minimum atomic E-state index is -0.591. The highest BCUT2D eigenvalue weighted by molar-refractivity contribution is 6.02. The molecule has 1 heterocycles. The maximum atomic E-state index is 12.1. The van der Waals surface area contributed by atoms with Gasteiger partial charge in [-0.05, 0) is 12.5 Å². The second-order valence-electron chi connectivity index (χ2n) is 5.63. The van der Waals surface area contributed by atoms with Gasteiger partial charge in [-0.3, -0.25) is 29.4 Å². The highest BCUT2D eigenvalue weighted by Gasteiger charge is 2.29. The Morgan fingerprint density at radius 2 is 2.00 bits per heavy atom. The van der Waals surface area contributed by atoms with E-state index in [-0.39, 0.29) is 43.4 Å². The molecule has 0 atom stereocenters. The average molecular weight is 364 g/mol. The molecular formula is C16H20N4O6. The van der Waals surface area contributed by atoms with Crippen molar-refractivity contribution >= 4 is 29.1 Å². The van der Waals surface area contributed by atoms with Crippen molar-refractivity contribution in [3.05, 3.63) is 28.3 Å². The van der Waals surface area contributed by atoms with E-state index < -0.39 is 16.7 Å². The van der Waals surface area contributed by atoms with E-state index in [4.69, 9.17) is 4.74 Å². The number of nitrogens with zero attached hydrogens (tertiary/aromatic N) is 2. The number of nitro groups is 1. The smallest absolute Gasteiger partial charge is 0.271 e. The molecule has 10 nitrogen and oxygen atoms in total. The zero-order valence-corrected chi connectivity index (χ0v) is 14.3. The molecule has 1 aromatic rings. The van der Waals surface area contributed by atoms with Gasteiger partial charge in [0.2, 0.25) is 11.8 Å². The number of carbonyl (C=O) groups excluding carboxylic acids is 3. The van der Waals surface area contributed by atoms with Crippen molar-refractivity contribution < 1.29 is 24.0 Å². The number of fused-ring (bicyclic) bond motifs is 1. The van der Waals surface area contributed by atoms with Crippen LogP contribution in [0.1, 0.15) is 19.8 Å². The van der Waals surface area contributed by atoms with Crippen molar-refractivity contribution in [2.24, 2.45) is 0 Å². The third-order valence-electron chi connectivity index (χ3n) is 3.64. The number of non-ortho nitro benzene ring substituents is 1. The molecule has 2 N–H and O–H groups in total. The summed E-state index contributed by atoms with van der Waals surface area (Å²) in [6, 6.07) is 3.85. The molecular weight excluding hydrogens is 344 g/mol. The summed E-state index contributed by atoms with van der Waals surface area (Å²) in [5, 5.41) is 16.2. The molecule has 0 saturated carbocycles. The first-order chi connectivity index (χ1) is 12.4. The molecule has 0 aliphatic carbocycles. The minimum absolute atomic E-state index is 0.130. The summed E-state index contributed by atoms with van der Waals surface area (Å²) < 4.78 is 5.23. The van der Waals surface area contributed by atoms with Gasteiger partial charge < -0.3 is 15.4 Å². The maximum Gasteiger partial charge on any atom is 0.271 e. The molecule has 140 valence electrons. The number of ether oxygens (including phenoxy) is 1. The van der Waals surface area contributed by atoms with E-state index in [1.54, 1.807) is 0 Å². The van der Waals surface area contributed by atoms with Crippen LogP contribution >= 0.6 is 0 Å². The Morgan fingerprint density at radius 3 is 2.69 bits per heavy atom. The lowest BCUT2D eigenvalue weighted by atomic mass is 10.2. The van der Waals surface area contributed by atoms with Crippen molar-refractivity contribution in [3.63, 3.8) is 0 Å². The maximum absolute atomic E-state index is 12.1. The zero-order valence-electron chi connectivity index (χ0n) is 14.3. The Labute approximate surface area is 149 Å². The largest absolute Gasteiger partial charge is 0.482 e. The predicted molar refractivity (Wildman–Crippen MR) is 91.9 cm³/mol. The highest BCUT2D eigenvalue weighted by Crippen LogP contribution is 2.34. The van der Waals surface area contributed by atoms with Gasteiger partial charge in [-0.25, -0.2) is 0 Å². The molecule has 3 amide bonds. The SMILES string of the molecule is CCCNC(=O)CCNC(=O)CN1C(=O)COc2ccc([N+](=O)[O-])cc21. The van der Waals surface area contributed by atoms with E-state index in [1.807, 2.05) is 6.92 Å². The number of amides is 3. The third kappa shape index (κ3) is 4.91. The summed E-state index contributed by atoms with van der Waals surface area (Å²) in [4.78, 5) is 47.1. The van der Waals surface area contributed by atoms with Crippen LogP contribution in [0.2, 0.25) is 0 Å². The molecule has 1 aliphatic rings. The first-order valence-corrected chi connectivity index (χ1v) is 8.17. The van der Waals surface area contributed by atoms with Gasteiger partial charge in [0.15, 0.2) is 6.61 Å². The predicted octanol–water partition coefficient (Wildman–Crippen LogP) is 0.353. The Balaban J connectivity index is 1.97. The van der Waals surface area contributed by atoms with Crippen molar-refractivity contribution in [2.75, 3.05) is 31.1 Å². The van der Waals surface area contributed by atoms with Crippen LogP contribution in [0.3, 0.4) is 0 Å². The first-order valence-electron chi connectivity index (χ1n) is 8.17. The summed E-state index contributed by atoms with van der Waals surface area (Å²) >= 11 is 0. The summed E-state index contributed by atoms with van der Waals surface area (Å²) in [5.41, 5.74) is -0.0358. The van der Waals surface area contributed by atoms with Crippen molar-refractivity contribution in [1.29, 1.82) is 0 Å². The molecule has 10 heteroatoms. The minimum Gasteiger partial charge on any atom is -0.482 e. The van der Waals surface area contributed by atoms with Gasteiger partial charge in [0, 0.05) is 31.6 Å². The van der Waals surface area contributed by atoms with Crippen molar-refractivity contribution in [2.45, 2.75) is 19.8 Å². The third-order valence-corrected chi connectivity index (χ3v) is 3.64. The standard InChI is InChI=1S/C16H20N4O6/c1-2-6-17-14(21)5-7-18-15(22)9-19-12-8-11(20(24)25)3-4-13(12)26-10-16(19)23/h3-4,8H,2,5-7,9-10H2,1H3,(H,17,21)(H,18,22). The van der Waals surface area contributed by atoms with Gasteiger partial charge in [-0.15, -0.1) is 0 Å². The van der Waals surface area contributed by atoms with Crippen molar-refractivity contribution in [3.8, 4) is 5.75 Å².